The predicted molar refractivity (Wildman–Crippen MR) is 390 cm³/mol. The predicted octanol–water partition coefficient (Wildman–Crippen LogP) is 22.1. The van der Waals surface area contributed by atoms with Crippen LogP contribution in [0.5, 0.6) is 0 Å². The summed E-state index contributed by atoms with van der Waals surface area (Å²) in [6.45, 7) is 4.82. The maximum Gasteiger partial charge on any atom is 0.472 e. The van der Waals surface area contributed by atoms with Crippen molar-refractivity contribution < 1.29 is 80.2 Å². The minimum absolute atomic E-state index is 0.0801. The Kier molecular flexibility index (Phi) is 68.3. The molecule has 0 saturated heterocycles. The Balaban J connectivity index is 5.31. The lowest BCUT2D eigenvalue weighted by atomic mass is 10.0. The average Bonchev–Trinajstić information content (AvgIpc) is 1.15. The van der Waals surface area contributed by atoms with Crippen LogP contribution < -0.4 is 0 Å². The number of rotatable bonds is 74. The van der Waals surface area contributed by atoms with Crippen LogP contribution in [-0.2, 0) is 65.4 Å². The number of hydrogen-bond donors (Lipinski definition) is 3. The Morgan fingerprint density at radius 1 is 0.292 bits per heavy atom. The minimum atomic E-state index is -4.97. The monoisotopic (exact) mass is 1400 g/mol. The second kappa shape index (κ2) is 70.5. The molecule has 17 nitrogen and oxygen atoms in total. The lowest BCUT2D eigenvalue weighted by Gasteiger charge is -2.21. The highest BCUT2D eigenvalue weighted by Gasteiger charge is 2.30. The molecule has 5 unspecified atom stereocenters. The van der Waals surface area contributed by atoms with Crippen molar-refractivity contribution in [2.24, 2.45) is 0 Å². The first kappa shape index (κ1) is 93.0. The summed E-state index contributed by atoms with van der Waals surface area (Å²) < 4.78 is 68.5. The molecule has 5 atom stereocenters. The van der Waals surface area contributed by atoms with Gasteiger partial charge in [0.2, 0.25) is 0 Å². The number of aliphatic hydroxyl groups excluding tert-OH is 1. The molecule has 0 bridgehead atoms. The fourth-order valence-corrected chi connectivity index (χ4v) is 12.4. The molecule has 3 N–H and O–H groups in total. The van der Waals surface area contributed by atoms with Gasteiger partial charge < -0.3 is 33.8 Å². The summed E-state index contributed by atoms with van der Waals surface area (Å²) >= 11 is 0. The van der Waals surface area contributed by atoms with Crippen LogP contribution in [0.1, 0.15) is 362 Å². The van der Waals surface area contributed by atoms with Gasteiger partial charge in [-0.15, -0.1) is 0 Å². The van der Waals surface area contributed by atoms with E-state index in [1.807, 2.05) is 0 Å². The molecule has 19 heteroatoms. The Morgan fingerprint density at radius 3 is 0.833 bits per heavy atom. The Labute approximate surface area is 585 Å². The van der Waals surface area contributed by atoms with Gasteiger partial charge in [0.15, 0.2) is 12.2 Å². The van der Waals surface area contributed by atoms with E-state index in [0.29, 0.717) is 25.7 Å². The molecule has 0 saturated carbocycles. The number of hydrogen-bond acceptors (Lipinski definition) is 15. The van der Waals surface area contributed by atoms with E-state index in [-0.39, 0.29) is 25.7 Å². The molecule has 0 aliphatic rings. The van der Waals surface area contributed by atoms with Crippen LogP contribution in [0.3, 0.4) is 0 Å². The van der Waals surface area contributed by atoms with Gasteiger partial charge >= 0.3 is 39.5 Å². The van der Waals surface area contributed by atoms with Gasteiger partial charge in [-0.25, -0.2) is 9.13 Å². The van der Waals surface area contributed by atoms with E-state index in [2.05, 4.69) is 76.3 Å². The fraction of sp³-hybridized carbons (Fsp3) is 0.844. The third-order valence-corrected chi connectivity index (χ3v) is 18.7. The van der Waals surface area contributed by atoms with E-state index in [9.17, 15) is 43.2 Å². The number of aliphatic hydroxyl groups is 1. The molecule has 0 spiro atoms. The molecule has 0 heterocycles. The van der Waals surface area contributed by atoms with Crippen LogP contribution in [0.2, 0.25) is 0 Å². The summed E-state index contributed by atoms with van der Waals surface area (Å²) in [6, 6.07) is 0. The number of allylic oxidation sites excluding steroid dienone is 8. The van der Waals surface area contributed by atoms with Crippen LogP contribution in [0.4, 0.5) is 0 Å². The van der Waals surface area contributed by atoms with Crippen molar-refractivity contribution in [3.8, 4) is 0 Å². The molecular weight excluding hydrogens is 1260 g/mol. The number of ether oxygens (including phenoxy) is 4. The summed E-state index contributed by atoms with van der Waals surface area (Å²) in [7, 11) is -9.93. The van der Waals surface area contributed by atoms with E-state index in [4.69, 9.17) is 37.0 Å². The van der Waals surface area contributed by atoms with Crippen molar-refractivity contribution in [2.75, 3.05) is 39.6 Å². The molecule has 0 aromatic carbocycles. The van der Waals surface area contributed by atoms with Crippen LogP contribution in [0.15, 0.2) is 48.6 Å². The number of phosphoric acid groups is 2. The van der Waals surface area contributed by atoms with Crippen LogP contribution in [0, 0.1) is 0 Å². The van der Waals surface area contributed by atoms with Crippen molar-refractivity contribution in [3.05, 3.63) is 48.6 Å². The molecule has 0 aromatic rings. The highest BCUT2D eigenvalue weighted by Crippen LogP contribution is 2.45. The summed E-state index contributed by atoms with van der Waals surface area (Å²) in [6.07, 6.45) is 66.6. The van der Waals surface area contributed by atoms with Crippen LogP contribution in [0.25, 0.3) is 0 Å². The highest BCUT2D eigenvalue weighted by molar-refractivity contribution is 7.47. The maximum atomic E-state index is 13.1. The van der Waals surface area contributed by atoms with Gasteiger partial charge in [-0.1, -0.05) is 301 Å². The lowest BCUT2D eigenvalue weighted by molar-refractivity contribution is -0.161. The molecule has 562 valence electrons. The van der Waals surface area contributed by atoms with Gasteiger partial charge in [0.25, 0.3) is 0 Å². The van der Waals surface area contributed by atoms with Gasteiger partial charge in [-0.3, -0.25) is 37.3 Å². The molecule has 0 aromatic heterocycles. The molecule has 0 aliphatic heterocycles. The smallest absolute Gasteiger partial charge is 0.462 e. The van der Waals surface area contributed by atoms with E-state index in [0.717, 1.165) is 141 Å². The zero-order chi connectivity index (χ0) is 70.4. The molecule has 0 rings (SSSR count). The number of esters is 4. The number of carbonyl (C=O) groups is 4. The average molecular weight is 1400 g/mol. The normalized spacial score (nSPS) is 14.2. The van der Waals surface area contributed by atoms with Crippen molar-refractivity contribution in [2.45, 2.75) is 380 Å². The highest BCUT2D eigenvalue weighted by atomic mass is 31.2. The molecule has 0 aliphatic carbocycles. The van der Waals surface area contributed by atoms with Crippen molar-refractivity contribution in [3.63, 3.8) is 0 Å². The van der Waals surface area contributed by atoms with Crippen LogP contribution in [-0.4, -0.2) is 96.7 Å². The van der Waals surface area contributed by atoms with E-state index in [1.165, 1.54) is 141 Å². The molecule has 96 heavy (non-hydrogen) atoms. The number of carbonyl (C=O) groups excluding carboxylic acids is 4. The molecule has 0 radical (unpaired) electrons. The van der Waals surface area contributed by atoms with E-state index < -0.39 is 97.5 Å². The lowest BCUT2D eigenvalue weighted by Crippen LogP contribution is -2.30. The third-order valence-electron chi connectivity index (χ3n) is 16.8. The first-order valence-electron chi connectivity index (χ1n) is 38.9. The first-order valence-corrected chi connectivity index (χ1v) is 41.9. The number of unbranched alkanes of at least 4 members (excludes halogenated alkanes) is 40. The van der Waals surface area contributed by atoms with Crippen molar-refractivity contribution in [1.29, 1.82) is 0 Å². The third kappa shape index (κ3) is 69.5. The summed E-state index contributed by atoms with van der Waals surface area (Å²) in [5.74, 6) is -2.17. The SMILES string of the molecule is CCC/C=C\C/C=C\CCCCCCCC(=O)OC(COC(=O)CCCCCCC/C=C\C/C=C\CCCCC)COP(=O)(O)OCC(O)COP(=O)(O)OCC(COC(=O)CCCCCCCCCCCCCCCCC)OC(=O)CCCCCCCCCCCCCCC. The summed E-state index contributed by atoms with van der Waals surface area (Å²) in [5, 5.41) is 10.6. The Hall–Kier alpha value is -2.98. The molecular formula is C77H142O17P2. The number of phosphoric ester groups is 2. The van der Waals surface area contributed by atoms with Gasteiger partial charge in [-0.2, -0.15) is 0 Å². The van der Waals surface area contributed by atoms with Gasteiger partial charge in [0.1, 0.15) is 19.3 Å². The largest absolute Gasteiger partial charge is 0.472 e. The molecule has 0 amide bonds. The second-order valence-electron chi connectivity index (χ2n) is 26.3. The standard InChI is InChI=1S/C77H142O17P2/c1-5-9-13-17-21-25-29-33-35-39-41-45-49-53-57-61-74(79)87-67-72(93-76(81)63-59-55-51-47-43-37-31-27-23-19-15-11-7-3)69-91-95(83,84)89-65-71(78)66-90-96(85,86)92-70-73(94-77(82)64-60-56-52-48-44-38-32-28-24-20-16-12-8-4)68-88-75(80)62-58-54-50-46-42-40-36-34-30-26-22-18-14-10-6-2/h15,19,21,25,27,31,33,35,71-73,78H,5-14,16-18,20,22-24,26,28-30,32,34,36-70H2,1-4H3,(H,83,84)(H,85,86)/b19-15-,25-21-,31-27-,35-33-. The van der Waals surface area contributed by atoms with Gasteiger partial charge in [0, 0.05) is 25.7 Å². The molecule has 0 fully saturated rings. The second-order valence-corrected chi connectivity index (χ2v) is 29.2. The van der Waals surface area contributed by atoms with Crippen LogP contribution >= 0.6 is 15.6 Å². The topological polar surface area (TPSA) is 237 Å². The zero-order valence-corrected chi connectivity index (χ0v) is 63.1. The van der Waals surface area contributed by atoms with Gasteiger partial charge in [0.05, 0.1) is 26.4 Å². The Bertz CT molecular complexity index is 2010. The minimum Gasteiger partial charge on any atom is -0.462 e. The zero-order valence-electron chi connectivity index (χ0n) is 61.3. The van der Waals surface area contributed by atoms with E-state index in [1.54, 1.807) is 0 Å². The van der Waals surface area contributed by atoms with E-state index >= 15 is 0 Å². The van der Waals surface area contributed by atoms with Crippen molar-refractivity contribution >= 4 is 39.5 Å². The fourth-order valence-electron chi connectivity index (χ4n) is 10.8. The first-order chi connectivity index (χ1) is 46.7. The van der Waals surface area contributed by atoms with Gasteiger partial charge in [-0.05, 0) is 83.5 Å². The quantitative estimate of drug-likeness (QED) is 0.0169. The summed E-state index contributed by atoms with van der Waals surface area (Å²) in [5.41, 5.74) is 0. The summed E-state index contributed by atoms with van der Waals surface area (Å²) in [4.78, 5) is 72.8. The maximum absolute atomic E-state index is 13.1. The Morgan fingerprint density at radius 2 is 0.531 bits per heavy atom. The van der Waals surface area contributed by atoms with Crippen molar-refractivity contribution in [1.82, 2.24) is 0 Å².